The number of nitrogens with zero attached hydrogens (tertiary/aromatic N) is 2. The largest absolute Gasteiger partial charge is 0.487 e. The van der Waals surface area contributed by atoms with E-state index in [9.17, 15) is 9.18 Å². The van der Waals surface area contributed by atoms with Crippen LogP contribution in [0, 0.1) is 12.7 Å². The number of carbonyl (C=O) groups is 1. The maximum absolute atomic E-state index is 13.1. The second-order valence-corrected chi connectivity index (χ2v) is 6.38. The summed E-state index contributed by atoms with van der Waals surface area (Å²) in [7, 11) is 0. The number of fused-ring (bicyclic) bond motifs is 1. The lowest BCUT2D eigenvalue weighted by molar-refractivity contribution is -0.137. The summed E-state index contributed by atoms with van der Waals surface area (Å²) in [5.74, 6) is 0.482. The molecule has 6 nitrogen and oxygen atoms in total. The van der Waals surface area contributed by atoms with Gasteiger partial charge in [-0.3, -0.25) is 4.79 Å². The number of halogens is 1. The van der Waals surface area contributed by atoms with Gasteiger partial charge in [0.15, 0.2) is 0 Å². The lowest BCUT2D eigenvalue weighted by Crippen LogP contribution is -2.07. The van der Waals surface area contributed by atoms with Crippen LogP contribution in [-0.4, -0.2) is 20.6 Å². The molecule has 4 rings (SSSR count). The Morgan fingerprint density at radius 3 is 2.75 bits per heavy atom. The molecule has 2 heterocycles. The fourth-order valence-electron chi connectivity index (χ4n) is 2.98. The first-order valence-corrected chi connectivity index (χ1v) is 8.65. The number of ether oxygens (including phenoxy) is 1. The minimum atomic E-state index is -0.892. The van der Waals surface area contributed by atoms with Gasteiger partial charge in [0.25, 0.3) is 0 Å². The molecule has 0 amide bonds. The number of carboxylic acid groups (broad SMARTS) is 1. The zero-order valence-corrected chi connectivity index (χ0v) is 15.1. The van der Waals surface area contributed by atoms with E-state index >= 15 is 0 Å². The lowest BCUT2D eigenvalue weighted by Gasteiger charge is -2.06. The second-order valence-electron chi connectivity index (χ2n) is 6.38. The number of benzene rings is 2. The van der Waals surface area contributed by atoms with Crippen LogP contribution in [0.4, 0.5) is 4.39 Å². The van der Waals surface area contributed by atoms with Crippen LogP contribution >= 0.6 is 0 Å². The quantitative estimate of drug-likeness (QED) is 0.536. The third-order valence-corrected chi connectivity index (χ3v) is 4.41. The molecule has 28 heavy (non-hydrogen) atoms. The zero-order valence-electron chi connectivity index (χ0n) is 15.1. The number of hydrogen-bond donors (Lipinski definition) is 1. The van der Waals surface area contributed by atoms with E-state index in [4.69, 9.17) is 14.3 Å². The fourth-order valence-corrected chi connectivity index (χ4v) is 2.98. The molecule has 0 unspecified atom stereocenters. The van der Waals surface area contributed by atoms with Crippen molar-refractivity contribution in [2.45, 2.75) is 20.1 Å². The van der Waals surface area contributed by atoms with Gasteiger partial charge in [0.05, 0.1) is 0 Å². The molecule has 0 aliphatic heterocycles. The number of aryl methyl sites for hydroxylation is 1. The van der Waals surface area contributed by atoms with Gasteiger partial charge in [0.2, 0.25) is 5.89 Å². The highest BCUT2D eigenvalue weighted by Crippen LogP contribution is 2.25. The number of carboxylic acids is 1. The van der Waals surface area contributed by atoms with Gasteiger partial charge in [-0.1, -0.05) is 0 Å². The van der Waals surface area contributed by atoms with E-state index in [1.165, 1.54) is 12.1 Å². The number of aliphatic carboxylic acids is 1. The van der Waals surface area contributed by atoms with E-state index in [0.29, 0.717) is 28.7 Å². The maximum Gasteiger partial charge on any atom is 0.323 e. The van der Waals surface area contributed by atoms with Crippen LogP contribution in [0.5, 0.6) is 5.75 Å². The molecular formula is C21H17FN2O4. The summed E-state index contributed by atoms with van der Waals surface area (Å²) in [6, 6.07) is 13.3. The van der Waals surface area contributed by atoms with Gasteiger partial charge >= 0.3 is 5.97 Å². The SMILES string of the molecule is Cc1oc(-c2ccc(F)cc2)nc1COc1ccc2c(ccn2CC(=O)O)c1. The molecule has 2 aromatic heterocycles. The van der Waals surface area contributed by atoms with E-state index < -0.39 is 5.97 Å². The average Bonchev–Trinajstić information content (AvgIpc) is 3.23. The van der Waals surface area contributed by atoms with Gasteiger partial charge in [0, 0.05) is 22.7 Å². The molecule has 0 bridgehead atoms. The molecule has 4 aromatic rings. The lowest BCUT2D eigenvalue weighted by atomic mass is 10.2. The highest BCUT2D eigenvalue weighted by Gasteiger charge is 2.13. The number of oxazole rings is 1. The van der Waals surface area contributed by atoms with Gasteiger partial charge in [-0.15, -0.1) is 0 Å². The maximum atomic E-state index is 13.1. The summed E-state index contributed by atoms with van der Waals surface area (Å²) in [5, 5.41) is 9.84. The van der Waals surface area contributed by atoms with E-state index in [-0.39, 0.29) is 19.0 Å². The first-order chi connectivity index (χ1) is 13.5. The Morgan fingerprint density at radius 2 is 2.00 bits per heavy atom. The molecule has 0 atom stereocenters. The highest BCUT2D eigenvalue weighted by atomic mass is 19.1. The van der Waals surface area contributed by atoms with Crippen LogP contribution in [0.2, 0.25) is 0 Å². The Kier molecular flexibility index (Phi) is 4.57. The third-order valence-electron chi connectivity index (χ3n) is 4.41. The Morgan fingerprint density at radius 1 is 1.21 bits per heavy atom. The Hall–Kier alpha value is -3.61. The first kappa shape index (κ1) is 17.8. The molecule has 0 fully saturated rings. The van der Waals surface area contributed by atoms with Gasteiger partial charge in [0.1, 0.15) is 36.2 Å². The van der Waals surface area contributed by atoms with Crippen molar-refractivity contribution in [1.29, 1.82) is 0 Å². The van der Waals surface area contributed by atoms with Gasteiger partial charge in [-0.05, 0) is 55.5 Å². The van der Waals surface area contributed by atoms with Crippen LogP contribution in [-0.2, 0) is 17.9 Å². The average molecular weight is 380 g/mol. The van der Waals surface area contributed by atoms with Crippen molar-refractivity contribution in [2.75, 3.05) is 0 Å². The molecular weight excluding hydrogens is 363 g/mol. The van der Waals surface area contributed by atoms with E-state index in [1.807, 2.05) is 18.2 Å². The third kappa shape index (κ3) is 3.59. The van der Waals surface area contributed by atoms with E-state index in [2.05, 4.69) is 4.98 Å². The van der Waals surface area contributed by atoms with Crippen LogP contribution < -0.4 is 4.74 Å². The Bertz CT molecular complexity index is 1150. The van der Waals surface area contributed by atoms with Crippen LogP contribution in [0.15, 0.2) is 59.1 Å². The van der Waals surface area contributed by atoms with Crippen molar-refractivity contribution in [3.63, 3.8) is 0 Å². The van der Waals surface area contributed by atoms with Crippen LogP contribution in [0.1, 0.15) is 11.5 Å². The molecule has 0 aliphatic carbocycles. The number of hydrogen-bond acceptors (Lipinski definition) is 4. The van der Waals surface area contributed by atoms with Crippen molar-refractivity contribution in [2.24, 2.45) is 0 Å². The smallest absolute Gasteiger partial charge is 0.323 e. The van der Waals surface area contributed by atoms with E-state index in [1.54, 1.807) is 35.9 Å². The first-order valence-electron chi connectivity index (χ1n) is 8.65. The van der Waals surface area contributed by atoms with Crippen LogP contribution in [0.3, 0.4) is 0 Å². The topological polar surface area (TPSA) is 77.5 Å². The summed E-state index contributed by atoms with van der Waals surface area (Å²) in [5.41, 5.74) is 2.17. The second kappa shape index (κ2) is 7.19. The van der Waals surface area contributed by atoms with E-state index in [0.717, 1.165) is 10.9 Å². The van der Waals surface area contributed by atoms with Crippen molar-refractivity contribution in [3.8, 4) is 17.2 Å². The highest BCUT2D eigenvalue weighted by molar-refractivity contribution is 5.83. The van der Waals surface area contributed by atoms with Gasteiger partial charge < -0.3 is 18.8 Å². The Labute approximate surface area is 159 Å². The molecule has 7 heteroatoms. The minimum Gasteiger partial charge on any atom is -0.487 e. The Balaban J connectivity index is 1.50. The summed E-state index contributed by atoms with van der Waals surface area (Å²) >= 11 is 0. The molecule has 0 aliphatic rings. The summed E-state index contributed by atoms with van der Waals surface area (Å²) in [6.45, 7) is 1.93. The predicted molar refractivity (Wildman–Crippen MR) is 101 cm³/mol. The summed E-state index contributed by atoms with van der Waals surface area (Å²) < 4.78 is 26.2. The minimum absolute atomic E-state index is 0.0893. The molecule has 0 saturated carbocycles. The standard InChI is InChI=1S/C21H17FN2O4/c1-13-18(23-21(28-13)14-2-4-16(22)5-3-14)12-27-17-6-7-19-15(10-17)8-9-24(19)11-20(25)26/h2-10H,11-12H2,1H3,(H,25,26). The number of rotatable bonds is 6. The van der Waals surface area contributed by atoms with Gasteiger partial charge in [-0.2, -0.15) is 0 Å². The van der Waals surface area contributed by atoms with Crippen molar-refractivity contribution in [3.05, 3.63) is 72.0 Å². The summed E-state index contributed by atoms with van der Waals surface area (Å²) in [4.78, 5) is 15.4. The van der Waals surface area contributed by atoms with Gasteiger partial charge in [-0.25, -0.2) is 9.37 Å². The predicted octanol–water partition coefficient (Wildman–Crippen LogP) is 4.41. The zero-order chi connectivity index (χ0) is 19.7. The van der Waals surface area contributed by atoms with Crippen molar-refractivity contribution >= 4 is 16.9 Å². The van der Waals surface area contributed by atoms with Crippen molar-refractivity contribution in [1.82, 2.24) is 9.55 Å². The molecule has 2 aromatic carbocycles. The fraction of sp³-hybridized carbons (Fsp3) is 0.143. The number of aromatic nitrogens is 2. The van der Waals surface area contributed by atoms with Crippen molar-refractivity contribution < 1.29 is 23.4 Å². The molecule has 0 spiro atoms. The monoisotopic (exact) mass is 380 g/mol. The molecule has 142 valence electrons. The molecule has 0 saturated heterocycles. The normalized spacial score (nSPS) is 11.1. The van der Waals surface area contributed by atoms with Crippen LogP contribution in [0.25, 0.3) is 22.4 Å². The molecule has 0 radical (unpaired) electrons. The summed E-state index contributed by atoms with van der Waals surface area (Å²) in [6.07, 6.45) is 1.74. The molecule has 1 N–H and O–H groups in total.